The molecule has 0 aliphatic heterocycles. The van der Waals surface area contributed by atoms with Gasteiger partial charge in [0, 0.05) is 17.0 Å². The van der Waals surface area contributed by atoms with Gasteiger partial charge in [-0.25, -0.2) is 13.5 Å². The molecule has 4 aromatic rings. The number of hydrogen-bond donors (Lipinski definition) is 1. The van der Waals surface area contributed by atoms with Gasteiger partial charge in [-0.3, -0.25) is 14.3 Å². The van der Waals surface area contributed by atoms with Crippen LogP contribution in [0.1, 0.15) is 5.69 Å². The fraction of sp³-hybridized carbons (Fsp3) is 0.200. The van der Waals surface area contributed by atoms with Crippen molar-refractivity contribution >= 4 is 43.6 Å². The number of benzene rings is 2. The molecule has 11 heteroatoms. The quantitative estimate of drug-likeness (QED) is 0.425. The number of ether oxygens (including phenoxy) is 1. The average molecular weight is 493 g/mol. The molecule has 0 spiro atoms. The molecular weight excluding hydrogens is 478 g/mol. The molecule has 0 aliphatic rings. The lowest BCUT2D eigenvalue weighted by Crippen LogP contribution is -2.28. The number of fused-ring (bicyclic) bond motifs is 2. The van der Waals surface area contributed by atoms with Crippen LogP contribution in [-0.4, -0.2) is 43.7 Å². The number of nitrogens with zero attached hydrogens (tertiary/aromatic N) is 4. The first-order chi connectivity index (χ1) is 14.8. The maximum Gasteiger partial charge on any atom is 0.325 e. The summed E-state index contributed by atoms with van der Waals surface area (Å²) in [6, 6.07) is 10.1. The van der Waals surface area contributed by atoms with Gasteiger partial charge in [-0.1, -0.05) is 18.2 Å². The van der Waals surface area contributed by atoms with Crippen LogP contribution in [0.2, 0.25) is 0 Å². The number of halogens is 3. The Morgan fingerprint density at radius 2 is 1.94 bits per heavy atom. The molecule has 2 aromatic heterocycles. The van der Waals surface area contributed by atoms with E-state index in [1.807, 2.05) is 0 Å². The molecule has 0 atom stereocenters. The Balaban J connectivity index is 1.74. The van der Waals surface area contributed by atoms with Crippen molar-refractivity contribution in [3.8, 4) is 5.75 Å². The summed E-state index contributed by atoms with van der Waals surface area (Å²) in [5.74, 6) is -0.909. The molecule has 1 N–H and O–H groups in total. The second-order valence-corrected chi connectivity index (χ2v) is 7.57. The summed E-state index contributed by atoms with van der Waals surface area (Å²) < 4.78 is 33.0. The SMILES string of the molecule is O=C(O)Cn1nc(Cn2cc3cc(OCC(F)F)c(Br)cc3n2)c2ccccc2c1=O. The molecule has 0 radical (unpaired) electrons. The molecule has 0 aliphatic carbocycles. The summed E-state index contributed by atoms with van der Waals surface area (Å²) in [7, 11) is 0. The van der Waals surface area contributed by atoms with Gasteiger partial charge < -0.3 is 9.84 Å². The van der Waals surface area contributed by atoms with Gasteiger partial charge in [0.25, 0.3) is 12.0 Å². The number of carbonyl (C=O) groups is 1. The number of carboxylic acid groups (broad SMARTS) is 1. The fourth-order valence-corrected chi connectivity index (χ4v) is 3.68. The molecule has 0 amide bonds. The molecule has 0 unspecified atom stereocenters. The van der Waals surface area contributed by atoms with Gasteiger partial charge in [-0.05, 0) is 34.1 Å². The van der Waals surface area contributed by atoms with Crippen LogP contribution in [0.5, 0.6) is 5.75 Å². The lowest BCUT2D eigenvalue weighted by atomic mass is 10.1. The van der Waals surface area contributed by atoms with Gasteiger partial charge in [-0.2, -0.15) is 10.2 Å². The largest absolute Gasteiger partial charge is 0.486 e. The summed E-state index contributed by atoms with van der Waals surface area (Å²) in [6.45, 7) is -1.12. The Bertz CT molecular complexity index is 1350. The van der Waals surface area contributed by atoms with E-state index in [1.165, 1.54) is 0 Å². The van der Waals surface area contributed by atoms with Crippen molar-refractivity contribution in [3.05, 3.63) is 63.1 Å². The van der Waals surface area contributed by atoms with Crippen molar-refractivity contribution in [2.75, 3.05) is 6.61 Å². The first-order valence-electron chi connectivity index (χ1n) is 9.10. The first kappa shape index (κ1) is 20.9. The molecule has 0 fully saturated rings. The second kappa shape index (κ2) is 8.42. The maximum atomic E-state index is 12.5. The van der Waals surface area contributed by atoms with Crippen molar-refractivity contribution in [1.29, 1.82) is 0 Å². The zero-order valence-electron chi connectivity index (χ0n) is 15.8. The van der Waals surface area contributed by atoms with Gasteiger partial charge in [0.1, 0.15) is 18.9 Å². The lowest BCUT2D eigenvalue weighted by molar-refractivity contribution is -0.138. The third-order valence-electron chi connectivity index (χ3n) is 4.51. The standard InChI is InChI=1S/C20H15BrF2N4O4/c21-14-6-15-11(5-17(14)31-10-18(22)23)7-26(24-15)8-16-12-3-1-2-4-13(12)20(30)27(25-16)9-19(28)29/h1-7,18H,8-10H2,(H,28,29). The highest BCUT2D eigenvalue weighted by Gasteiger charge is 2.15. The number of hydrogen-bond acceptors (Lipinski definition) is 5. The van der Waals surface area contributed by atoms with E-state index in [1.54, 1.807) is 47.3 Å². The Hall–Kier alpha value is -3.34. The third kappa shape index (κ3) is 4.41. The third-order valence-corrected chi connectivity index (χ3v) is 5.13. The summed E-state index contributed by atoms with van der Waals surface area (Å²) in [4.78, 5) is 23.7. The van der Waals surface area contributed by atoms with E-state index < -0.39 is 31.1 Å². The molecule has 8 nitrogen and oxygen atoms in total. The predicted octanol–water partition coefficient (Wildman–Crippen LogP) is 3.29. The summed E-state index contributed by atoms with van der Waals surface area (Å²) >= 11 is 3.29. The van der Waals surface area contributed by atoms with E-state index in [-0.39, 0.29) is 12.3 Å². The van der Waals surface area contributed by atoms with Crippen LogP contribution in [0.25, 0.3) is 21.7 Å². The minimum absolute atomic E-state index is 0.167. The highest BCUT2D eigenvalue weighted by molar-refractivity contribution is 9.10. The van der Waals surface area contributed by atoms with Crippen molar-refractivity contribution < 1.29 is 23.4 Å². The smallest absolute Gasteiger partial charge is 0.325 e. The molecule has 0 saturated carbocycles. The highest BCUT2D eigenvalue weighted by Crippen LogP contribution is 2.30. The van der Waals surface area contributed by atoms with Crippen LogP contribution in [0, 0.1) is 0 Å². The Kier molecular flexibility index (Phi) is 5.68. The van der Waals surface area contributed by atoms with Crippen molar-refractivity contribution in [2.45, 2.75) is 19.5 Å². The van der Waals surface area contributed by atoms with Crippen molar-refractivity contribution in [1.82, 2.24) is 19.6 Å². The zero-order chi connectivity index (χ0) is 22.1. The molecule has 2 aromatic carbocycles. The van der Waals surface area contributed by atoms with Gasteiger partial charge >= 0.3 is 5.97 Å². The molecule has 160 valence electrons. The fourth-order valence-electron chi connectivity index (χ4n) is 3.23. The molecule has 31 heavy (non-hydrogen) atoms. The van der Waals surface area contributed by atoms with Crippen LogP contribution in [-0.2, 0) is 17.9 Å². The van der Waals surface area contributed by atoms with E-state index in [0.29, 0.717) is 31.8 Å². The molecule has 4 rings (SSSR count). The van der Waals surface area contributed by atoms with Crippen LogP contribution in [0.3, 0.4) is 0 Å². The number of alkyl halides is 2. The minimum Gasteiger partial charge on any atom is -0.486 e. The van der Waals surface area contributed by atoms with E-state index in [2.05, 4.69) is 26.1 Å². The van der Waals surface area contributed by atoms with E-state index in [4.69, 9.17) is 9.84 Å². The molecular formula is C20H15BrF2N4O4. The number of aliphatic carboxylic acids is 1. The number of carboxylic acids is 1. The molecule has 0 bridgehead atoms. The number of aromatic nitrogens is 4. The van der Waals surface area contributed by atoms with Crippen molar-refractivity contribution in [2.24, 2.45) is 0 Å². The normalized spacial score (nSPS) is 11.5. The van der Waals surface area contributed by atoms with Crippen LogP contribution < -0.4 is 10.3 Å². The second-order valence-electron chi connectivity index (χ2n) is 6.72. The molecule has 0 saturated heterocycles. The maximum absolute atomic E-state index is 12.5. The van der Waals surface area contributed by atoms with Gasteiger partial charge in [-0.15, -0.1) is 0 Å². The zero-order valence-corrected chi connectivity index (χ0v) is 17.4. The highest BCUT2D eigenvalue weighted by atomic mass is 79.9. The molecule has 2 heterocycles. The predicted molar refractivity (Wildman–Crippen MR) is 112 cm³/mol. The Labute approximate surface area is 181 Å². The van der Waals surface area contributed by atoms with Crippen LogP contribution in [0.4, 0.5) is 8.78 Å². The average Bonchev–Trinajstić information content (AvgIpc) is 3.10. The number of rotatable bonds is 7. The first-order valence-corrected chi connectivity index (χ1v) is 9.89. The lowest BCUT2D eigenvalue weighted by Gasteiger charge is -2.09. The Morgan fingerprint density at radius 1 is 1.19 bits per heavy atom. The summed E-state index contributed by atoms with van der Waals surface area (Å²) in [5, 5.41) is 19.4. The van der Waals surface area contributed by atoms with Gasteiger partial charge in [0.15, 0.2) is 0 Å². The van der Waals surface area contributed by atoms with Crippen LogP contribution >= 0.6 is 15.9 Å². The topological polar surface area (TPSA) is 99.2 Å². The van der Waals surface area contributed by atoms with E-state index in [0.717, 1.165) is 4.68 Å². The van der Waals surface area contributed by atoms with Gasteiger partial charge in [0.05, 0.1) is 27.6 Å². The minimum atomic E-state index is -2.59. The summed E-state index contributed by atoms with van der Waals surface area (Å²) in [5.41, 5.74) is 0.578. The monoisotopic (exact) mass is 492 g/mol. The van der Waals surface area contributed by atoms with Gasteiger partial charge in [0.2, 0.25) is 0 Å². The van der Waals surface area contributed by atoms with E-state index in [9.17, 15) is 18.4 Å². The van der Waals surface area contributed by atoms with Crippen LogP contribution in [0.15, 0.2) is 51.9 Å². The summed E-state index contributed by atoms with van der Waals surface area (Å²) in [6.07, 6.45) is -0.897. The Morgan fingerprint density at radius 3 is 2.65 bits per heavy atom. The van der Waals surface area contributed by atoms with E-state index >= 15 is 0 Å². The van der Waals surface area contributed by atoms with Crippen molar-refractivity contribution in [3.63, 3.8) is 0 Å².